The summed E-state index contributed by atoms with van der Waals surface area (Å²) >= 11 is 0. The van der Waals surface area contributed by atoms with Gasteiger partial charge in [0.2, 0.25) is 10.0 Å². The SMILES string of the molecule is COCCN(CCOC)S(=O)(=O)c1cccc(C(=O)NNC(c2ccccc2O)c2ccccc2O)c1. The molecule has 198 valence electrons. The molecule has 37 heavy (non-hydrogen) atoms. The zero-order valence-corrected chi connectivity index (χ0v) is 21.4. The first kappa shape index (κ1) is 28.1. The van der Waals surface area contributed by atoms with Gasteiger partial charge in [-0.25, -0.2) is 13.8 Å². The van der Waals surface area contributed by atoms with E-state index < -0.39 is 22.0 Å². The predicted molar refractivity (Wildman–Crippen MR) is 138 cm³/mol. The third-order valence-corrected chi connectivity index (χ3v) is 7.54. The van der Waals surface area contributed by atoms with Crippen LogP contribution < -0.4 is 10.9 Å². The van der Waals surface area contributed by atoms with E-state index >= 15 is 0 Å². The average Bonchev–Trinajstić information content (AvgIpc) is 2.90. The van der Waals surface area contributed by atoms with Crippen LogP contribution in [0.4, 0.5) is 0 Å². The number of rotatable bonds is 13. The molecule has 0 atom stereocenters. The Morgan fingerprint density at radius 3 is 1.92 bits per heavy atom. The minimum absolute atomic E-state index is 0.0298. The summed E-state index contributed by atoms with van der Waals surface area (Å²) in [5, 5.41) is 20.8. The molecule has 10 nitrogen and oxygen atoms in total. The van der Waals surface area contributed by atoms with Crippen molar-refractivity contribution in [2.75, 3.05) is 40.5 Å². The van der Waals surface area contributed by atoms with E-state index in [9.17, 15) is 23.4 Å². The first-order valence-electron chi connectivity index (χ1n) is 11.5. The number of methoxy groups -OCH3 is 2. The Kier molecular flexibility index (Phi) is 10.0. The normalized spacial score (nSPS) is 11.7. The zero-order valence-electron chi connectivity index (χ0n) is 20.6. The molecule has 3 rings (SSSR count). The minimum Gasteiger partial charge on any atom is -0.508 e. The molecule has 0 aromatic heterocycles. The predicted octanol–water partition coefficient (Wildman–Crippen LogP) is 2.41. The molecule has 0 radical (unpaired) electrons. The highest BCUT2D eigenvalue weighted by molar-refractivity contribution is 7.89. The van der Waals surface area contributed by atoms with Crippen LogP contribution in [0, 0.1) is 0 Å². The molecule has 4 N–H and O–H groups in total. The second-order valence-corrected chi connectivity index (χ2v) is 10.0. The van der Waals surface area contributed by atoms with Crippen LogP contribution >= 0.6 is 0 Å². The number of benzene rings is 3. The lowest BCUT2D eigenvalue weighted by Crippen LogP contribution is -2.40. The molecular weight excluding hydrogens is 498 g/mol. The molecule has 0 saturated carbocycles. The van der Waals surface area contributed by atoms with Crippen LogP contribution in [0.1, 0.15) is 27.5 Å². The molecule has 0 saturated heterocycles. The fourth-order valence-corrected chi connectivity index (χ4v) is 5.14. The van der Waals surface area contributed by atoms with Crippen molar-refractivity contribution in [2.24, 2.45) is 0 Å². The van der Waals surface area contributed by atoms with Gasteiger partial charge in [0.05, 0.1) is 24.2 Å². The van der Waals surface area contributed by atoms with Crippen LogP contribution in [0.3, 0.4) is 0 Å². The highest BCUT2D eigenvalue weighted by Crippen LogP contribution is 2.33. The standard InChI is InChI=1S/C26H31N3O7S/c1-35-16-14-29(15-17-36-2)37(33,34)20-9-7-8-19(18-20)26(32)28-27-25(21-10-3-5-12-23(21)30)22-11-4-6-13-24(22)31/h3-13,18,25,27,30-31H,14-17H2,1-2H3,(H,28,32). The van der Waals surface area contributed by atoms with Gasteiger partial charge in [-0.2, -0.15) is 4.31 Å². The summed E-state index contributed by atoms with van der Waals surface area (Å²) in [7, 11) is -0.958. The molecule has 0 bridgehead atoms. The van der Waals surface area contributed by atoms with Crippen molar-refractivity contribution < 1.29 is 32.9 Å². The summed E-state index contributed by atoms with van der Waals surface area (Å²) in [4.78, 5) is 13.0. The van der Waals surface area contributed by atoms with Gasteiger partial charge < -0.3 is 19.7 Å². The van der Waals surface area contributed by atoms with Crippen LogP contribution in [-0.2, 0) is 19.5 Å². The molecule has 0 heterocycles. The van der Waals surface area contributed by atoms with Gasteiger partial charge in [0.25, 0.3) is 5.91 Å². The minimum atomic E-state index is -3.92. The number of ether oxygens (including phenoxy) is 2. The largest absolute Gasteiger partial charge is 0.508 e. The van der Waals surface area contributed by atoms with Crippen molar-refractivity contribution in [3.8, 4) is 11.5 Å². The molecule has 0 fully saturated rings. The highest BCUT2D eigenvalue weighted by Gasteiger charge is 2.26. The number of phenols is 2. The second-order valence-electron chi connectivity index (χ2n) is 8.07. The van der Waals surface area contributed by atoms with Crippen LogP contribution in [0.25, 0.3) is 0 Å². The number of amides is 1. The first-order chi connectivity index (χ1) is 17.8. The van der Waals surface area contributed by atoms with Gasteiger partial charge in [-0.1, -0.05) is 42.5 Å². The Morgan fingerprint density at radius 2 is 1.41 bits per heavy atom. The number of nitrogens with zero attached hydrogens (tertiary/aromatic N) is 1. The van der Waals surface area contributed by atoms with Crippen molar-refractivity contribution in [3.05, 3.63) is 89.5 Å². The molecule has 0 spiro atoms. The molecule has 0 aliphatic heterocycles. The Hall–Kier alpha value is -3.48. The maximum atomic E-state index is 13.2. The summed E-state index contributed by atoms with van der Waals surface area (Å²) in [6, 6.07) is 18.0. The number of hydrogen-bond acceptors (Lipinski definition) is 8. The Balaban J connectivity index is 1.84. The summed E-state index contributed by atoms with van der Waals surface area (Å²) in [6.07, 6.45) is 0. The quantitative estimate of drug-likeness (QED) is 0.248. The van der Waals surface area contributed by atoms with E-state index in [2.05, 4.69) is 10.9 Å². The van der Waals surface area contributed by atoms with Gasteiger partial charge in [-0.15, -0.1) is 0 Å². The lowest BCUT2D eigenvalue weighted by Gasteiger charge is -2.23. The fourth-order valence-electron chi connectivity index (χ4n) is 3.68. The summed E-state index contributed by atoms with van der Waals surface area (Å²) in [6.45, 7) is 0.659. The third kappa shape index (κ3) is 7.06. The first-order valence-corrected chi connectivity index (χ1v) is 12.9. The van der Waals surface area contributed by atoms with E-state index in [1.807, 2.05) is 0 Å². The van der Waals surface area contributed by atoms with Gasteiger partial charge in [0, 0.05) is 44.0 Å². The van der Waals surface area contributed by atoms with Crippen LogP contribution in [0.2, 0.25) is 0 Å². The van der Waals surface area contributed by atoms with E-state index in [0.29, 0.717) is 11.1 Å². The lowest BCUT2D eigenvalue weighted by atomic mass is 9.97. The number of carbonyl (C=O) groups is 1. The Bertz CT molecular complexity index is 1250. The van der Waals surface area contributed by atoms with Gasteiger partial charge >= 0.3 is 0 Å². The van der Waals surface area contributed by atoms with E-state index in [0.717, 1.165) is 0 Å². The summed E-state index contributed by atoms with van der Waals surface area (Å²) in [5.74, 6) is -0.663. The van der Waals surface area contributed by atoms with E-state index in [1.54, 1.807) is 36.4 Å². The topological polar surface area (TPSA) is 137 Å². The fraction of sp³-hybridized carbons (Fsp3) is 0.269. The molecule has 1 amide bonds. The van der Waals surface area contributed by atoms with Crippen molar-refractivity contribution in [3.63, 3.8) is 0 Å². The highest BCUT2D eigenvalue weighted by atomic mass is 32.2. The molecule has 0 unspecified atom stereocenters. The zero-order chi connectivity index (χ0) is 26.8. The number of para-hydroxylation sites is 2. The molecule has 11 heteroatoms. The number of hydrogen-bond donors (Lipinski definition) is 4. The number of aromatic hydroxyl groups is 2. The summed E-state index contributed by atoms with van der Waals surface area (Å²) in [5.41, 5.74) is 6.37. The van der Waals surface area contributed by atoms with Crippen molar-refractivity contribution >= 4 is 15.9 Å². The van der Waals surface area contributed by atoms with E-state index in [4.69, 9.17) is 9.47 Å². The molecule has 0 aliphatic carbocycles. The number of carbonyl (C=O) groups excluding carboxylic acids is 1. The van der Waals surface area contributed by atoms with Crippen molar-refractivity contribution in [1.82, 2.24) is 15.2 Å². The van der Waals surface area contributed by atoms with Crippen molar-refractivity contribution in [1.29, 1.82) is 0 Å². The number of sulfonamides is 1. The van der Waals surface area contributed by atoms with E-state index in [-0.39, 0.29) is 48.3 Å². The smallest absolute Gasteiger partial charge is 0.265 e. The van der Waals surface area contributed by atoms with Gasteiger partial charge in [0.15, 0.2) is 0 Å². The number of nitrogens with one attached hydrogen (secondary N) is 2. The van der Waals surface area contributed by atoms with Gasteiger partial charge in [-0.05, 0) is 30.3 Å². The Morgan fingerprint density at radius 1 is 0.865 bits per heavy atom. The maximum absolute atomic E-state index is 13.2. The third-order valence-electron chi connectivity index (χ3n) is 5.65. The average molecular weight is 530 g/mol. The van der Waals surface area contributed by atoms with Gasteiger partial charge in [-0.3, -0.25) is 10.2 Å². The second kappa shape index (κ2) is 13.2. The molecule has 3 aromatic rings. The lowest BCUT2D eigenvalue weighted by molar-refractivity contribution is 0.0927. The van der Waals surface area contributed by atoms with E-state index in [1.165, 1.54) is 54.9 Å². The maximum Gasteiger partial charge on any atom is 0.265 e. The monoisotopic (exact) mass is 529 g/mol. The van der Waals surface area contributed by atoms with Crippen LogP contribution in [0.15, 0.2) is 77.7 Å². The summed E-state index contributed by atoms with van der Waals surface area (Å²) < 4.78 is 37.8. The van der Waals surface area contributed by atoms with Crippen molar-refractivity contribution in [2.45, 2.75) is 10.9 Å². The van der Waals surface area contributed by atoms with Crippen LogP contribution in [0.5, 0.6) is 11.5 Å². The molecule has 0 aliphatic rings. The Labute approximate surface area is 216 Å². The number of phenolic OH excluding ortho intramolecular Hbond substituents is 2. The van der Waals surface area contributed by atoms with Crippen LogP contribution in [-0.4, -0.2) is 69.4 Å². The number of hydrazine groups is 1. The molecular formula is C26H31N3O7S. The molecule has 3 aromatic carbocycles. The van der Waals surface area contributed by atoms with Gasteiger partial charge in [0.1, 0.15) is 11.5 Å².